The molecule has 1 aliphatic rings. The molecule has 110 valence electrons. The minimum absolute atomic E-state index is 0.0694. The molecule has 0 unspecified atom stereocenters. The number of thioether (sulfide) groups is 1. The van der Waals surface area contributed by atoms with Crippen LogP contribution in [0.25, 0.3) is 0 Å². The van der Waals surface area contributed by atoms with Crippen LogP contribution in [0.1, 0.15) is 6.92 Å². The molecule has 1 saturated heterocycles. The van der Waals surface area contributed by atoms with E-state index in [0.717, 1.165) is 9.47 Å². The molecule has 0 radical (unpaired) electrons. The molecule has 20 heavy (non-hydrogen) atoms. The summed E-state index contributed by atoms with van der Waals surface area (Å²) in [6.45, 7) is 4.01. The van der Waals surface area contributed by atoms with Crippen LogP contribution in [0.3, 0.4) is 0 Å². The van der Waals surface area contributed by atoms with Crippen molar-refractivity contribution in [3.63, 3.8) is 0 Å². The Morgan fingerprint density at radius 2 is 1.90 bits per heavy atom. The molecule has 2 heterocycles. The van der Waals surface area contributed by atoms with Gasteiger partial charge in [-0.1, -0.05) is 23.1 Å². The molecule has 1 aromatic heterocycles. The Hall–Kier alpha value is -1.35. The molecule has 1 fully saturated rings. The van der Waals surface area contributed by atoms with Crippen molar-refractivity contribution in [3.8, 4) is 0 Å². The van der Waals surface area contributed by atoms with E-state index in [2.05, 4.69) is 15.5 Å². The van der Waals surface area contributed by atoms with Crippen molar-refractivity contribution >= 4 is 40.0 Å². The zero-order valence-electron chi connectivity index (χ0n) is 11.5. The van der Waals surface area contributed by atoms with Gasteiger partial charge in [0.05, 0.1) is 5.75 Å². The number of amides is 2. The van der Waals surface area contributed by atoms with Crippen molar-refractivity contribution < 1.29 is 9.59 Å². The van der Waals surface area contributed by atoms with Gasteiger partial charge in [-0.15, -0.1) is 10.2 Å². The molecule has 1 aromatic rings. The molecule has 2 amide bonds. The first-order valence-electron chi connectivity index (χ1n) is 6.27. The average Bonchev–Trinajstić information content (AvgIpc) is 2.93. The van der Waals surface area contributed by atoms with Crippen LogP contribution in [0.2, 0.25) is 0 Å². The van der Waals surface area contributed by atoms with Gasteiger partial charge in [-0.05, 0) is 0 Å². The summed E-state index contributed by atoms with van der Waals surface area (Å²) in [5.74, 6) is 0.512. The fourth-order valence-electron chi connectivity index (χ4n) is 1.85. The summed E-state index contributed by atoms with van der Waals surface area (Å²) in [7, 11) is 1.79. The van der Waals surface area contributed by atoms with Crippen LogP contribution in [0, 0.1) is 0 Å². The number of hydrogen-bond acceptors (Lipinski definition) is 7. The molecular weight excluding hydrogens is 298 g/mol. The molecule has 1 N–H and O–H groups in total. The van der Waals surface area contributed by atoms with Crippen LogP contribution in [0.5, 0.6) is 0 Å². The minimum atomic E-state index is 0.0694. The van der Waals surface area contributed by atoms with Gasteiger partial charge in [0.15, 0.2) is 4.34 Å². The van der Waals surface area contributed by atoms with Crippen molar-refractivity contribution in [1.82, 2.24) is 20.0 Å². The number of anilines is 1. The smallest absolute Gasteiger partial charge is 0.233 e. The molecule has 0 atom stereocenters. The fourth-order valence-corrected chi connectivity index (χ4v) is 3.46. The van der Waals surface area contributed by atoms with E-state index in [1.807, 2.05) is 0 Å². The van der Waals surface area contributed by atoms with Gasteiger partial charge < -0.3 is 15.1 Å². The predicted molar refractivity (Wildman–Crippen MR) is 79.0 cm³/mol. The lowest BCUT2D eigenvalue weighted by Crippen LogP contribution is -2.50. The molecule has 0 aliphatic carbocycles. The molecular formula is C11H17N5O2S2. The van der Waals surface area contributed by atoms with E-state index in [4.69, 9.17) is 0 Å². The monoisotopic (exact) mass is 315 g/mol. The highest BCUT2D eigenvalue weighted by Crippen LogP contribution is 2.25. The zero-order valence-corrected chi connectivity index (χ0v) is 13.1. The summed E-state index contributed by atoms with van der Waals surface area (Å²) >= 11 is 2.83. The van der Waals surface area contributed by atoms with Gasteiger partial charge in [-0.3, -0.25) is 9.59 Å². The van der Waals surface area contributed by atoms with E-state index >= 15 is 0 Å². The van der Waals surface area contributed by atoms with Crippen molar-refractivity contribution in [1.29, 1.82) is 0 Å². The second kappa shape index (κ2) is 6.89. The first-order valence-corrected chi connectivity index (χ1v) is 8.07. The van der Waals surface area contributed by atoms with E-state index in [1.165, 1.54) is 23.1 Å². The van der Waals surface area contributed by atoms with E-state index in [-0.39, 0.29) is 11.8 Å². The van der Waals surface area contributed by atoms with Crippen LogP contribution in [0.15, 0.2) is 4.34 Å². The molecule has 2 rings (SSSR count). The number of carbonyl (C=O) groups is 2. The molecule has 7 nitrogen and oxygen atoms in total. The SMILES string of the molecule is CNc1nnc(SCC(=O)N2CCN(C(C)=O)CC2)s1. The number of aromatic nitrogens is 2. The Morgan fingerprint density at radius 3 is 2.45 bits per heavy atom. The van der Waals surface area contributed by atoms with Crippen molar-refractivity contribution in [2.24, 2.45) is 0 Å². The van der Waals surface area contributed by atoms with E-state index in [0.29, 0.717) is 31.9 Å². The summed E-state index contributed by atoms with van der Waals surface area (Å²) in [4.78, 5) is 26.8. The third kappa shape index (κ3) is 3.83. The normalized spacial score (nSPS) is 15.3. The maximum atomic E-state index is 12.1. The molecule has 0 aromatic carbocycles. The van der Waals surface area contributed by atoms with E-state index < -0.39 is 0 Å². The third-order valence-corrected chi connectivity index (χ3v) is 5.08. The lowest BCUT2D eigenvalue weighted by Gasteiger charge is -2.34. The maximum absolute atomic E-state index is 12.1. The minimum Gasteiger partial charge on any atom is -0.363 e. The quantitative estimate of drug-likeness (QED) is 0.809. The number of nitrogens with one attached hydrogen (secondary N) is 1. The van der Waals surface area contributed by atoms with Gasteiger partial charge in [0.2, 0.25) is 16.9 Å². The van der Waals surface area contributed by atoms with Gasteiger partial charge in [0.25, 0.3) is 0 Å². The van der Waals surface area contributed by atoms with Crippen LogP contribution >= 0.6 is 23.1 Å². The van der Waals surface area contributed by atoms with Crippen LogP contribution in [-0.2, 0) is 9.59 Å². The standard InChI is InChI=1S/C11H17N5O2S2/c1-8(17)15-3-5-16(6-4-15)9(18)7-19-11-14-13-10(12-2)20-11/h3-7H2,1-2H3,(H,12,13). The molecule has 0 bridgehead atoms. The van der Waals surface area contributed by atoms with E-state index in [9.17, 15) is 9.59 Å². The predicted octanol–water partition coefficient (Wildman–Crippen LogP) is 0.363. The molecule has 0 saturated carbocycles. The summed E-state index contributed by atoms with van der Waals surface area (Å²) in [5, 5.41) is 11.6. The summed E-state index contributed by atoms with van der Waals surface area (Å²) < 4.78 is 0.782. The Bertz CT molecular complexity index is 485. The highest BCUT2D eigenvalue weighted by Gasteiger charge is 2.22. The van der Waals surface area contributed by atoms with Crippen molar-refractivity contribution in [2.75, 3.05) is 44.3 Å². The maximum Gasteiger partial charge on any atom is 0.233 e. The number of nitrogens with zero attached hydrogens (tertiary/aromatic N) is 4. The Labute approximate surface area is 125 Å². The Balaban J connectivity index is 1.77. The van der Waals surface area contributed by atoms with Crippen LogP contribution in [0.4, 0.5) is 5.13 Å². The first kappa shape index (κ1) is 15.0. The van der Waals surface area contributed by atoms with Gasteiger partial charge in [-0.2, -0.15) is 0 Å². The molecule has 9 heteroatoms. The lowest BCUT2D eigenvalue weighted by atomic mass is 10.3. The highest BCUT2D eigenvalue weighted by atomic mass is 32.2. The lowest BCUT2D eigenvalue weighted by molar-refractivity contribution is -0.136. The average molecular weight is 315 g/mol. The van der Waals surface area contributed by atoms with Gasteiger partial charge in [0.1, 0.15) is 0 Å². The van der Waals surface area contributed by atoms with Crippen LogP contribution < -0.4 is 5.32 Å². The van der Waals surface area contributed by atoms with E-state index in [1.54, 1.807) is 23.8 Å². The number of piperazine rings is 1. The third-order valence-electron chi connectivity index (χ3n) is 3.02. The van der Waals surface area contributed by atoms with Crippen molar-refractivity contribution in [3.05, 3.63) is 0 Å². The second-order valence-electron chi connectivity index (χ2n) is 4.30. The largest absolute Gasteiger partial charge is 0.363 e. The molecule has 1 aliphatic heterocycles. The number of hydrogen-bond donors (Lipinski definition) is 1. The van der Waals surface area contributed by atoms with Crippen LogP contribution in [-0.4, -0.2) is 70.8 Å². The summed E-state index contributed by atoms with van der Waals surface area (Å²) in [6.07, 6.45) is 0. The summed E-state index contributed by atoms with van der Waals surface area (Å²) in [6, 6.07) is 0. The molecule has 0 spiro atoms. The Morgan fingerprint density at radius 1 is 1.25 bits per heavy atom. The fraction of sp³-hybridized carbons (Fsp3) is 0.636. The van der Waals surface area contributed by atoms with Gasteiger partial charge in [-0.25, -0.2) is 0 Å². The zero-order chi connectivity index (χ0) is 14.5. The second-order valence-corrected chi connectivity index (χ2v) is 6.50. The van der Waals surface area contributed by atoms with Crippen molar-refractivity contribution in [2.45, 2.75) is 11.3 Å². The summed E-state index contributed by atoms with van der Waals surface area (Å²) in [5.41, 5.74) is 0. The highest BCUT2D eigenvalue weighted by molar-refractivity contribution is 8.01. The first-order chi connectivity index (χ1) is 9.60. The Kier molecular flexibility index (Phi) is 5.18. The van der Waals surface area contributed by atoms with Gasteiger partial charge >= 0.3 is 0 Å². The number of carbonyl (C=O) groups excluding carboxylic acids is 2. The topological polar surface area (TPSA) is 78.4 Å². The van der Waals surface area contributed by atoms with Gasteiger partial charge in [0, 0.05) is 40.2 Å². The number of rotatable bonds is 4.